The fraction of sp³-hybridized carbons (Fsp3) is 0.571. The highest BCUT2D eigenvalue weighted by atomic mass is 16.1. The number of nitrogens with zero attached hydrogens (tertiary/aromatic N) is 3. The average Bonchev–Trinajstić information content (AvgIpc) is 2.69. The van der Waals surface area contributed by atoms with Gasteiger partial charge in [-0.25, -0.2) is 4.99 Å². The van der Waals surface area contributed by atoms with Gasteiger partial charge in [0.2, 0.25) is 11.9 Å². The topological polar surface area (TPSA) is 109 Å². The van der Waals surface area contributed by atoms with E-state index in [4.69, 9.17) is 16.5 Å². The summed E-state index contributed by atoms with van der Waals surface area (Å²) in [6.07, 6.45) is 10.7. The first kappa shape index (κ1) is 18.8. The Morgan fingerprint density at radius 2 is 1.71 bits per heavy atom. The van der Waals surface area contributed by atoms with E-state index in [0.29, 0.717) is 11.5 Å². The van der Waals surface area contributed by atoms with Gasteiger partial charge in [0, 0.05) is 6.04 Å². The maximum Gasteiger partial charge on any atom is 0.253 e. The highest BCUT2D eigenvalue weighted by Gasteiger charge is 2.43. The summed E-state index contributed by atoms with van der Waals surface area (Å²) in [5.41, 5.74) is 13.1. The number of hydrogen-bond acceptors (Lipinski definition) is 6. The Labute approximate surface area is 166 Å². The largest absolute Gasteiger partial charge is 0.369 e. The van der Waals surface area contributed by atoms with Crippen LogP contribution in [0, 0.1) is 0 Å². The van der Waals surface area contributed by atoms with Crippen molar-refractivity contribution >= 4 is 23.5 Å². The minimum Gasteiger partial charge on any atom is -0.369 e. The molecule has 0 bridgehead atoms. The van der Waals surface area contributed by atoms with Crippen LogP contribution >= 0.6 is 0 Å². The van der Waals surface area contributed by atoms with Crippen LogP contribution in [0.4, 0.5) is 5.69 Å². The molecule has 7 heteroatoms. The van der Waals surface area contributed by atoms with E-state index >= 15 is 0 Å². The van der Waals surface area contributed by atoms with Crippen LogP contribution in [0.5, 0.6) is 0 Å². The van der Waals surface area contributed by atoms with Crippen LogP contribution in [0.2, 0.25) is 0 Å². The Morgan fingerprint density at radius 3 is 2.46 bits per heavy atom. The van der Waals surface area contributed by atoms with Gasteiger partial charge in [-0.15, -0.1) is 0 Å². The Kier molecular flexibility index (Phi) is 5.24. The number of nitrogens with two attached hydrogens (primary N) is 2. The molecule has 0 saturated heterocycles. The number of carbonyl (C=O) groups is 1. The summed E-state index contributed by atoms with van der Waals surface area (Å²) >= 11 is 0. The van der Waals surface area contributed by atoms with Crippen molar-refractivity contribution in [1.82, 2.24) is 5.32 Å². The number of rotatable bonds is 3. The zero-order valence-corrected chi connectivity index (χ0v) is 16.4. The maximum absolute atomic E-state index is 13.1. The molecule has 1 heterocycles. The number of nitrogens with one attached hydrogen (secondary N) is 1. The molecule has 2 saturated carbocycles. The molecule has 0 radical (unpaired) electrons. The summed E-state index contributed by atoms with van der Waals surface area (Å²) in [6, 6.07) is 7.86. The normalized spacial score (nSPS) is 22.5. The van der Waals surface area contributed by atoms with Crippen molar-refractivity contribution in [1.29, 1.82) is 0 Å². The fourth-order valence-corrected chi connectivity index (χ4v) is 4.84. The number of carbonyl (C=O) groups excluding carboxylic acids is 1. The summed E-state index contributed by atoms with van der Waals surface area (Å²) in [5.74, 6) is 0.482. The summed E-state index contributed by atoms with van der Waals surface area (Å²) in [7, 11) is 0. The van der Waals surface area contributed by atoms with E-state index in [-0.39, 0.29) is 17.9 Å². The van der Waals surface area contributed by atoms with Crippen molar-refractivity contribution in [2.45, 2.75) is 75.9 Å². The van der Waals surface area contributed by atoms with E-state index in [1.54, 1.807) is 0 Å². The van der Waals surface area contributed by atoms with Crippen LogP contribution in [0.3, 0.4) is 0 Å². The molecule has 1 aromatic carbocycles. The molecule has 4 rings (SSSR count). The predicted molar refractivity (Wildman–Crippen MR) is 112 cm³/mol. The first-order valence-corrected chi connectivity index (χ1v) is 10.5. The van der Waals surface area contributed by atoms with Gasteiger partial charge in [0.05, 0.1) is 11.3 Å². The molecule has 2 fully saturated rings. The van der Waals surface area contributed by atoms with Crippen LogP contribution < -0.4 is 21.7 Å². The van der Waals surface area contributed by atoms with Crippen LogP contribution in [0.25, 0.3) is 0 Å². The molecule has 7 nitrogen and oxygen atoms in total. The Bertz CT molecular complexity index is 790. The van der Waals surface area contributed by atoms with Crippen LogP contribution in [-0.4, -0.2) is 29.5 Å². The van der Waals surface area contributed by atoms with Crippen LogP contribution in [0.15, 0.2) is 34.3 Å². The fourth-order valence-electron chi connectivity index (χ4n) is 4.84. The van der Waals surface area contributed by atoms with E-state index in [1.807, 2.05) is 29.2 Å². The maximum atomic E-state index is 13.1. The third-order valence-corrected chi connectivity index (χ3v) is 6.18. The zero-order chi connectivity index (χ0) is 19.6. The molecule has 1 aromatic rings. The molecule has 5 N–H and O–H groups in total. The summed E-state index contributed by atoms with van der Waals surface area (Å²) < 4.78 is 0. The first-order valence-electron chi connectivity index (χ1n) is 10.5. The van der Waals surface area contributed by atoms with Crippen molar-refractivity contribution in [3.63, 3.8) is 0 Å². The SMILES string of the molecule is NC1=NC2(CCCCC2)N(c2ccccc2C(=O)NC2CCCCC2)C(N)=N1. The van der Waals surface area contributed by atoms with Crippen LogP contribution in [0.1, 0.15) is 74.6 Å². The Hall–Kier alpha value is -2.57. The Balaban J connectivity index is 1.68. The van der Waals surface area contributed by atoms with Crippen molar-refractivity contribution < 1.29 is 4.79 Å². The number of benzene rings is 1. The second kappa shape index (κ2) is 7.81. The second-order valence-corrected chi connectivity index (χ2v) is 8.14. The van der Waals surface area contributed by atoms with Crippen molar-refractivity contribution in [2.24, 2.45) is 21.5 Å². The first-order chi connectivity index (χ1) is 13.6. The summed E-state index contributed by atoms with van der Waals surface area (Å²) in [6.45, 7) is 0. The van der Waals surface area contributed by atoms with E-state index in [1.165, 1.54) is 25.7 Å². The molecule has 150 valence electrons. The van der Waals surface area contributed by atoms with E-state index < -0.39 is 5.66 Å². The Morgan fingerprint density at radius 1 is 1.04 bits per heavy atom. The van der Waals surface area contributed by atoms with Crippen molar-refractivity contribution in [2.75, 3.05) is 4.90 Å². The van der Waals surface area contributed by atoms with E-state index in [0.717, 1.165) is 44.2 Å². The van der Waals surface area contributed by atoms with Gasteiger partial charge in [0.25, 0.3) is 5.91 Å². The van der Waals surface area contributed by atoms with Gasteiger partial charge in [-0.2, -0.15) is 4.99 Å². The van der Waals surface area contributed by atoms with E-state index in [9.17, 15) is 4.79 Å². The van der Waals surface area contributed by atoms with Gasteiger partial charge in [-0.05, 0) is 50.7 Å². The molecule has 0 unspecified atom stereocenters. The lowest BCUT2D eigenvalue weighted by Crippen LogP contribution is -2.58. The lowest BCUT2D eigenvalue weighted by atomic mass is 9.87. The van der Waals surface area contributed by atoms with Crippen molar-refractivity contribution in [3.05, 3.63) is 29.8 Å². The third-order valence-electron chi connectivity index (χ3n) is 6.18. The smallest absolute Gasteiger partial charge is 0.253 e. The zero-order valence-electron chi connectivity index (χ0n) is 16.4. The molecule has 28 heavy (non-hydrogen) atoms. The minimum absolute atomic E-state index is 0.0521. The second-order valence-electron chi connectivity index (χ2n) is 8.14. The number of guanidine groups is 2. The van der Waals surface area contributed by atoms with Gasteiger partial charge >= 0.3 is 0 Å². The number of anilines is 1. The molecule has 1 spiro atoms. The highest BCUT2D eigenvalue weighted by Crippen LogP contribution is 2.40. The average molecular weight is 383 g/mol. The van der Waals surface area contributed by atoms with Gasteiger partial charge < -0.3 is 16.8 Å². The standard InChI is InChI=1S/C21H30N6O/c22-19-25-20(23)27(21(26-19)13-7-2-8-14-21)17-12-6-5-11-16(17)18(28)24-15-9-3-1-4-10-15/h5-6,11-12,15H,1-4,7-10,13-14H2,(H,24,28)(H4,22,23,25,26). The number of para-hydroxylation sites is 1. The summed E-state index contributed by atoms with van der Waals surface area (Å²) in [5, 5.41) is 3.22. The highest BCUT2D eigenvalue weighted by molar-refractivity contribution is 6.10. The summed E-state index contributed by atoms with van der Waals surface area (Å²) in [4.78, 5) is 24.0. The molecule has 1 aliphatic heterocycles. The molecule has 0 atom stereocenters. The van der Waals surface area contributed by atoms with Crippen molar-refractivity contribution in [3.8, 4) is 0 Å². The molecule has 3 aliphatic rings. The molecular formula is C21H30N6O. The third kappa shape index (κ3) is 3.57. The van der Waals surface area contributed by atoms with Gasteiger partial charge in [-0.3, -0.25) is 9.69 Å². The lowest BCUT2D eigenvalue weighted by Gasteiger charge is -2.46. The van der Waals surface area contributed by atoms with Gasteiger partial charge in [0.15, 0.2) is 0 Å². The molecule has 0 aromatic heterocycles. The van der Waals surface area contributed by atoms with Gasteiger partial charge in [-0.1, -0.05) is 37.8 Å². The molecule has 1 amide bonds. The quantitative estimate of drug-likeness (QED) is 0.747. The van der Waals surface area contributed by atoms with Gasteiger partial charge in [0.1, 0.15) is 5.66 Å². The van der Waals surface area contributed by atoms with Crippen LogP contribution in [-0.2, 0) is 0 Å². The minimum atomic E-state index is -0.546. The number of amides is 1. The molecular weight excluding hydrogens is 352 g/mol. The number of aliphatic imine (C=N–C) groups is 2. The lowest BCUT2D eigenvalue weighted by molar-refractivity contribution is 0.0928. The van der Waals surface area contributed by atoms with E-state index in [2.05, 4.69) is 10.3 Å². The monoisotopic (exact) mass is 382 g/mol. The molecule has 2 aliphatic carbocycles. The predicted octanol–water partition coefficient (Wildman–Crippen LogP) is 2.86. The number of hydrogen-bond donors (Lipinski definition) is 3.